The Morgan fingerprint density at radius 1 is 1.06 bits per heavy atom. The van der Waals surface area contributed by atoms with Gasteiger partial charge in [0.05, 0.1) is 12.4 Å². The van der Waals surface area contributed by atoms with Crippen LogP contribution in [0.25, 0.3) is 22.4 Å². The van der Waals surface area contributed by atoms with Gasteiger partial charge in [-0.1, -0.05) is 6.07 Å². The topological polar surface area (TPSA) is 103 Å². The molecule has 0 radical (unpaired) electrons. The number of fused-ring (bicyclic) bond motifs is 2. The fourth-order valence-corrected chi connectivity index (χ4v) is 5.48. The second kappa shape index (κ2) is 7.66. The third-order valence-electron chi connectivity index (χ3n) is 7.30. The quantitative estimate of drug-likeness (QED) is 0.520. The maximum atomic E-state index is 13.9. The standard InChI is InChI=1S/C23H24F3N7O/c24-23(25,26)22-6-5-15(30-22)8-17(9-22)33(16-2-3-16)21-27-12-19(31-32-21)18-4-1-13(7-20(18)34)14-10-28-29-11-14/h1,4,7,10-12,15-17,30,34H,2-3,5-6,8-9H2,(H,28,29)/t15?,17-,22+/m0/s1. The molecule has 3 aliphatic rings. The van der Waals surface area contributed by atoms with E-state index in [0.717, 1.165) is 24.0 Å². The zero-order valence-corrected chi connectivity index (χ0v) is 18.3. The lowest BCUT2D eigenvalue weighted by molar-refractivity contribution is -0.199. The Kier molecular flexibility index (Phi) is 4.80. The first-order chi connectivity index (χ1) is 16.3. The molecule has 1 saturated carbocycles. The number of aromatic amines is 1. The number of anilines is 1. The molecule has 0 spiro atoms. The summed E-state index contributed by atoms with van der Waals surface area (Å²) in [5.41, 5.74) is 0.685. The lowest BCUT2D eigenvalue weighted by Gasteiger charge is -2.44. The molecule has 34 heavy (non-hydrogen) atoms. The van der Waals surface area contributed by atoms with Crippen molar-refractivity contribution in [3.63, 3.8) is 0 Å². The molecule has 2 saturated heterocycles. The summed E-state index contributed by atoms with van der Waals surface area (Å²) < 4.78 is 41.8. The van der Waals surface area contributed by atoms with Crippen molar-refractivity contribution in [3.05, 3.63) is 36.8 Å². The number of halogens is 3. The van der Waals surface area contributed by atoms with Gasteiger partial charge < -0.3 is 15.3 Å². The number of H-pyrrole nitrogens is 1. The Morgan fingerprint density at radius 3 is 2.56 bits per heavy atom. The van der Waals surface area contributed by atoms with Gasteiger partial charge in [-0.25, -0.2) is 4.98 Å². The number of nitrogens with one attached hydrogen (secondary N) is 2. The lowest BCUT2D eigenvalue weighted by Crippen LogP contribution is -2.62. The number of hydrogen-bond acceptors (Lipinski definition) is 7. The number of nitrogens with zero attached hydrogens (tertiary/aromatic N) is 5. The molecule has 178 valence electrons. The van der Waals surface area contributed by atoms with Gasteiger partial charge in [-0.3, -0.25) is 5.10 Å². The molecule has 3 aromatic rings. The molecule has 1 unspecified atom stereocenters. The van der Waals surface area contributed by atoms with Gasteiger partial charge in [-0.15, -0.1) is 10.2 Å². The maximum absolute atomic E-state index is 13.9. The first-order valence-corrected chi connectivity index (χ1v) is 11.5. The summed E-state index contributed by atoms with van der Waals surface area (Å²) in [4.78, 5) is 6.44. The number of piperidine rings is 1. The number of aromatic nitrogens is 5. The van der Waals surface area contributed by atoms with Gasteiger partial charge in [0.1, 0.15) is 17.0 Å². The number of alkyl halides is 3. The summed E-state index contributed by atoms with van der Waals surface area (Å²) in [6.45, 7) is 0. The molecule has 3 fully saturated rings. The van der Waals surface area contributed by atoms with Crippen LogP contribution < -0.4 is 10.2 Å². The molecular formula is C23H24F3N7O. The monoisotopic (exact) mass is 471 g/mol. The van der Waals surface area contributed by atoms with Crippen LogP contribution in [0, 0.1) is 0 Å². The molecule has 1 aromatic carbocycles. The normalized spacial score (nSPS) is 26.6. The van der Waals surface area contributed by atoms with E-state index < -0.39 is 11.7 Å². The van der Waals surface area contributed by atoms with Crippen molar-refractivity contribution in [2.75, 3.05) is 4.90 Å². The highest BCUT2D eigenvalue weighted by Crippen LogP contribution is 2.49. The Balaban J connectivity index is 1.26. The van der Waals surface area contributed by atoms with Crippen molar-refractivity contribution in [2.24, 2.45) is 0 Å². The molecule has 8 nitrogen and oxygen atoms in total. The van der Waals surface area contributed by atoms with Crippen molar-refractivity contribution < 1.29 is 18.3 Å². The lowest BCUT2D eigenvalue weighted by atomic mass is 9.86. The fraction of sp³-hybridized carbons (Fsp3) is 0.478. The van der Waals surface area contributed by atoms with Gasteiger partial charge in [0.15, 0.2) is 0 Å². The van der Waals surface area contributed by atoms with Crippen molar-refractivity contribution in [1.82, 2.24) is 30.7 Å². The molecular weight excluding hydrogens is 447 g/mol. The van der Waals surface area contributed by atoms with Crippen LogP contribution in [0.2, 0.25) is 0 Å². The van der Waals surface area contributed by atoms with Crippen molar-refractivity contribution >= 4 is 5.95 Å². The van der Waals surface area contributed by atoms with Crippen LogP contribution >= 0.6 is 0 Å². The Morgan fingerprint density at radius 2 is 1.91 bits per heavy atom. The molecule has 3 N–H and O–H groups in total. The van der Waals surface area contributed by atoms with Crippen LogP contribution in [0.4, 0.5) is 19.1 Å². The Hall–Kier alpha value is -3.21. The minimum absolute atomic E-state index is 0.00905. The first kappa shape index (κ1) is 21.3. The van der Waals surface area contributed by atoms with Crippen LogP contribution in [0.3, 0.4) is 0 Å². The van der Waals surface area contributed by atoms with Crippen molar-refractivity contribution in [2.45, 2.75) is 68.4 Å². The third kappa shape index (κ3) is 3.58. The van der Waals surface area contributed by atoms with Crippen LogP contribution in [-0.2, 0) is 0 Å². The van der Waals surface area contributed by atoms with E-state index >= 15 is 0 Å². The summed E-state index contributed by atoms with van der Waals surface area (Å²) in [5, 5.41) is 28.6. The van der Waals surface area contributed by atoms with E-state index in [1.807, 2.05) is 11.0 Å². The van der Waals surface area contributed by atoms with E-state index in [-0.39, 0.29) is 36.7 Å². The van der Waals surface area contributed by atoms with E-state index in [1.54, 1.807) is 24.5 Å². The molecule has 4 heterocycles. The SMILES string of the molecule is Oc1cc(-c2cn[nH]c2)ccc1-c1cnc(N(C2CC2)[C@H]2CC3CC[C@](C(F)(F)F)(C2)N3)nn1. The largest absolute Gasteiger partial charge is 0.507 e. The second-order valence-corrected chi connectivity index (χ2v) is 9.55. The molecule has 1 aliphatic carbocycles. The van der Waals surface area contributed by atoms with Gasteiger partial charge >= 0.3 is 6.18 Å². The van der Waals surface area contributed by atoms with E-state index in [1.165, 1.54) is 6.20 Å². The smallest absolute Gasteiger partial charge is 0.406 e. The van der Waals surface area contributed by atoms with Crippen LogP contribution in [0.15, 0.2) is 36.8 Å². The minimum Gasteiger partial charge on any atom is -0.507 e. The van der Waals surface area contributed by atoms with Gasteiger partial charge in [0.25, 0.3) is 0 Å². The van der Waals surface area contributed by atoms with Crippen LogP contribution in [-0.4, -0.2) is 60.3 Å². The summed E-state index contributed by atoms with van der Waals surface area (Å²) >= 11 is 0. The molecule has 2 bridgehead atoms. The van der Waals surface area contributed by atoms with Gasteiger partial charge in [-0.05, 0) is 56.2 Å². The maximum Gasteiger partial charge on any atom is 0.406 e. The van der Waals surface area contributed by atoms with E-state index in [4.69, 9.17) is 0 Å². The summed E-state index contributed by atoms with van der Waals surface area (Å²) in [6, 6.07) is 4.89. The number of rotatable bonds is 5. The highest BCUT2D eigenvalue weighted by molar-refractivity contribution is 5.73. The molecule has 0 amide bonds. The van der Waals surface area contributed by atoms with Crippen LogP contribution in [0.1, 0.15) is 38.5 Å². The summed E-state index contributed by atoms with van der Waals surface area (Å²) in [7, 11) is 0. The minimum atomic E-state index is -4.29. The third-order valence-corrected chi connectivity index (χ3v) is 7.30. The predicted molar refractivity (Wildman–Crippen MR) is 118 cm³/mol. The number of hydrogen-bond donors (Lipinski definition) is 3. The molecule has 2 aliphatic heterocycles. The predicted octanol–water partition coefficient (Wildman–Crippen LogP) is 3.82. The van der Waals surface area contributed by atoms with E-state index in [9.17, 15) is 18.3 Å². The van der Waals surface area contributed by atoms with Gasteiger partial charge in [0, 0.05) is 35.4 Å². The van der Waals surface area contributed by atoms with Crippen LogP contribution in [0.5, 0.6) is 5.75 Å². The Bertz CT molecular complexity index is 1180. The molecule has 11 heteroatoms. The number of benzene rings is 1. The van der Waals surface area contributed by atoms with Crippen molar-refractivity contribution in [1.29, 1.82) is 0 Å². The molecule has 2 aromatic heterocycles. The highest BCUT2D eigenvalue weighted by Gasteiger charge is 2.62. The molecule has 6 rings (SSSR count). The molecule has 3 atom stereocenters. The Labute approximate surface area is 193 Å². The highest BCUT2D eigenvalue weighted by atomic mass is 19.4. The van der Waals surface area contributed by atoms with Gasteiger partial charge in [-0.2, -0.15) is 18.3 Å². The fourth-order valence-electron chi connectivity index (χ4n) is 5.48. The van der Waals surface area contributed by atoms with Crippen molar-refractivity contribution in [3.8, 4) is 28.1 Å². The van der Waals surface area contributed by atoms with E-state index in [2.05, 4.69) is 30.7 Å². The zero-order chi connectivity index (χ0) is 23.5. The van der Waals surface area contributed by atoms with E-state index in [0.29, 0.717) is 30.0 Å². The number of phenols is 1. The number of phenolic OH excluding ortho intramolecular Hbond substituents is 1. The average Bonchev–Trinajstić information content (AvgIpc) is 3.36. The number of aromatic hydroxyl groups is 1. The summed E-state index contributed by atoms with van der Waals surface area (Å²) in [6.07, 6.45) is 3.71. The summed E-state index contributed by atoms with van der Waals surface area (Å²) in [5.74, 6) is 0.382. The zero-order valence-electron chi connectivity index (χ0n) is 18.3. The second-order valence-electron chi connectivity index (χ2n) is 9.55. The average molecular weight is 471 g/mol. The first-order valence-electron chi connectivity index (χ1n) is 11.5. The van der Waals surface area contributed by atoms with Gasteiger partial charge in [0.2, 0.25) is 5.95 Å².